The van der Waals surface area contributed by atoms with E-state index in [2.05, 4.69) is 0 Å². The van der Waals surface area contributed by atoms with Crippen LogP contribution in [0.4, 0.5) is 0 Å². The van der Waals surface area contributed by atoms with Crippen LogP contribution in [-0.2, 0) is 4.57 Å². The van der Waals surface area contributed by atoms with Crippen molar-refractivity contribution in [2.75, 3.05) is 20.1 Å². The van der Waals surface area contributed by atoms with Crippen LogP contribution in [0.5, 0.6) is 11.5 Å². The van der Waals surface area contributed by atoms with Gasteiger partial charge in [-0.1, -0.05) is 23.7 Å². The molecular formula is C21H20BClNO8P. The Morgan fingerprint density at radius 2 is 2.00 bits per heavy atom. The molecule has 2 aromatic carbocycles. The van der Waals surface area contributed by atoms with E-state index in [0.717, 1.165) is 6.07 Å². The molecule has 2 heterocycles. The number of phosphoric ester groups is 1. The molecule has 1 aliphatic rings. The Balaban J connectivity index is 2.10. The number of benzene rings is 2. The molecule has 0 bridgehead atoms. The average molecular weight is 492 g/mol. The van der Waals surface area contributed by atoms with Crippen molar-refractivity contribution in [2.45, 2.75) is 18.4 Å². The van der Waals surface area contributed by atoms with Crippen LogP contribution in [0.3, 0.4) is 0 Å². The number of β-amino-alcohol motifs (C(OH)–C–C–N with tert-alkyl or cyclic N) is 1. The summed E-state index contributed by atoms with van der Waals surface area (Å²) in [4.78, 5) is 33.9. The highest BCUT2D eigenvalue weighted by atomic mass is 35.5. The maximum absolute atomic E-state index is 13.2. The molecule has 0 saturated carbocycles. The minimum atomic E-state index is -5.06. The van der Waals surface area contributed by atoms with E-state index in [-0.39, 0.29) is 39.3 Å². The Bertz CT molecular complexity index is 1340. The molecule has 12 heteroatoms. The molecule has 1 aromatic heterocycles. The molecule has 1 fully saturated rings. The summed E-state index contributed by atoms with van der Waals surface area (Å²) in [6.07, 6.45) is -0.605. The van der Waals surface area contributed by atoms with Crippen molar-refractivity contribution in [1.29, 1.82) is 0 Å². The third kappa shape index (κ3) is 4.55. The number of phenols is 1. The van der Waals surface area contributed by atoms with Gasteiger partial charge in [0.2, 0.25) is 0 Å². The molecule has 0 spiro atoms. The average Bonchev–Trinajstić information content (AvgIpc) is 2.71. The summed E-state index contributed by atoms with van der Waals surface area (Å²) in [6, 6.07) is 7.43. The quantitative estimate of drug-likeness (QED) is 0.318. The van der Waals surface area contributed by atoms with E-state index in [1.165, 1.54) is 0 Å². The van der Waals surface area contributed by atoms with E-state index in [9.17, 15) is 29.4 Å². The molecular weight excluding hydrogens is 471 g/mol. The molecule has 4 N–H and O–H groups in total. The Morgan fingerprint density at radius 1 is 1.30 bits per heavy atom. The molecule has 33 heavy (non-hydrogen) atoms. The van der Waals surface area contributed by atoms with E-state index >= 15 is 0 Å². The number of hydrogen-bond acceptors (Lipinski definition) is 7. The fraction of sp³-hybridized carbons (Fsp3) is 0.286. The zero-order chi connectivity index (χ0) is 24.1. The number of nitrogens with zero attached hydrogens (tertiary/aromatic N) is 1. The van der Waals surface area contributed by atoms with Gasteiger partial charge in [0, 0.05) is 29.7 Å². The maximum Gasteiger partial charge on any atom is 0.524 e. The molecule has 2 radical (unpaired) electrons. The molecule has 4 rings (SSSR count). The third-order valence-corrected chi connectivity index (χ3v) is 6.44. The maximum atomic E-state index is 13.2. The van der Waals surface area contributed by atoms with E-state index in [1.54, 1.807) is 24.3 Å². The molecule has 0 amide bonds. The van der Waals surface area contributed by atoms with Gasteiger partial charge >= 0.3 is 7.82 Å². The summed E-state index contributed by atoms with van der Waals surface area (Å²) < 4.78 is 22.5. The monoisotopic (exact) mass is 491 g/mol. The second-order valence-electron chi connectivity index (χ2n) is 7.97. The standard InChI is InChI=1S/C21H20BClNO8P/c1-24-7-6-11(14(26)9-24)16-15(32-33(28,29)30)8-13(25)17-19(27)18(22)20(31-21(16)17)10-4-2-3-5-12(10)23/h2-5,8,11,14,25-26H,6-7,9H2,1H3,(H2,28,29,30). The third-order valence-electron chi connectivity index (χ3n) is 5.67. The summed E-state index contributed by atoms with van der Waals surface area (Å²) >= 11 is 6.27. The van der Waals surface area contributed by atoms with Crippen molar-refractivity contribution in [1.82, 2.24) is 4.90 Å². The summed E-state index contributed by atoms with van der Waals surface area (Å²) in [6.45, 7) is 0.814. The number of aliphatic hydroxyl groups is 1. The van der Waals surface area contributed by atoms with E-state index < -0.39 is 36.8 Å². The topological polar surface area (TPSA) is 141 Å². The summed E-state index contributed by atoms with van der Waals surface area (Å²) in [5, 5.41) is 21.3. The first-order valence-corrected chi connectivity index (χ1v) is 11.9. The second kappa shape index (κ2) is 8.79. The van der Waals surface area contributed by atoms with Crippen molar-refractivity contribution >= 4 is 43.7 Å². The largest absolute Gasteiger partial charge is 0.524 e. The zero-order valence-electron chi connectivity index (χ0n) is 17.4. The van der Waals surface area contributed by atoms with Crippen molar-refractivity contribution in [3.8, 4) is 22.8 Å². The number of aromatic hydroxyl groups is 1. The number of phosphoric acid groups is 1. The van der Waals surface area contributed by atoms with Crippen LogP contribution in [0, 0.1) is 0 Å². The summed E-state index contributed by atoms with van der Waals surface area (Å²) in [5.41, 5.74) is -0.885. The predicted molar refractivity (Wildman–Crippen MR) is 124 cm³/mol. The van der Waals surface area contributed by atoms with Crippen LogP contribution < -0.4 is 15.4 Å². The first-order valence-electron chi connectivity index (χ1n) is 9.96. The molecule has 172 valence electrons. The molecule has 1 aliphatic heterocycles. The smallest absolute Gasteiger partial charge is 0.507 e. The van der Waals surface area contributed by atoms with Crippen molar-refractivity contribution in [2.24, 2.45) is 0 Å². The van der Waals surface area contributed by atoms with E-state index in [0.29, 0.717) is 18.5 Å². The number of aliphatic hydroxyl groups excluding tert-OH is 1. The zero-order valence-corrected chi connectivity index (χ0v) is 19.1. The molecule has 2 atom stereocenters. The highest BCUT2D eigenvalue weighted by molar-refractivity contribution is 7.46. The van der Waals surface area contributed by atoms with Crippen LogP contribution in [0.15, 0.2) is 39.5 Å². The van der Waals surface area contributed by atoms with E-state index in [1.807, 2.05) is 11.9 Å². The normalized spacial score (nSPS) is 19.7. The highest BCUT2D eigenvalue weighted by Crippen LogP contribution is 2.48. The van der Waals surface area contributed by atoms with Gasteiger partial charge in [-0.05, 0) is 37.6 Å². The number of phenolic OH excluding ortho intramolecular Hbond substituents is 1. The molecule has 1 saturated heterocycles. The minimum Gasteiger partial charge on any atom is -0.507 e. The lowest BCUT2D eigenvalue weighted by Crippen LogP contribution is -2.40. The van der Waals surface area contributed by atoms with Gasteiger partial charge in [-0.25, -0.2) is 4.57 Å². The van der Waals surface area contributed by atoms with Crippen LogP contribution >= 0.6 is 19.4 Å². The second-order valence-corrected chi connectivity index (χ2v) is 9.54. The van der Waals surface area contributed by atoms with Gasteiger partial charge in [0.05, 0.1) is 11.1 Å². The number of likely N-dealkylation sites (N-methyl/N-ethyl adjacent to an activating group) is 1. The lowest BCUT2D eigenvalue weighted by atomic mass is 9.84. The first kappa shape index (κ1) is 23.8. The highest BCUT2D eigenvalue weighted by Gasteiger charge is 2.35. The van der Waals surface area contributed by atoms with Crippen molar-refractivity contribution in [3.05, 3.63) is 51.1 Å². The molecule has 2 unspecified atom stereocenters. The lowest BCUT2D eigenvalue weighted by molar-refractivity contribution is 0.0632. The Morgan fingerprint density at radius 3 is 2.64 bits per heavy atom. The number of hydrogen-bond donors (Lipinski definition) is 4. The van der Waals surface area contributed by atoms with Gasteiger partial charge in [-0.3, -0.25) is 14.6 Å². The van der Waals surface area contributed by atoms with Crippen LogP contribution in [0.1, 0.15) is 17.9 Å². The SMILES string of the molecule is [B]c1c(-c2ccccc2Cl)oc2c(C3CCN(C)CC3O)c(OP(=O)(O)O)cc(O)c2c1=O. The minimum absolute atomic E-state index is 0.0529. The van der Waals surface area contributed by atoms with Gasteiger partial charge < -0.3 is 24.1 Å². The first-order chi connectivity index (χ1) is 15.5. The Kier molecular flexibility index (Phi) is 6.35. The van der Waals surface area contributed by atoms with Gasteiger partial charge in [-0.2, -0.15) is 0 Å². The summed E-state index contributed by atoms with van der Waals surface area (Å²) in [7, 11) is 2.80. The lowest BCUT2D eigenvalue weighted by Gasteiger charge is -2.34. The number of likely N-dealkylation sites (tertiary alicyclic amines) is 1. The molecule has 3 aromatic rings. The van der Waals surface area contributed by atoms with Crippen LogP contribution in [-0.4, -0.2) is 59.0 Å². The fourth-order valence-corrected chi connectivity index (χ4v) is 4.81. The molecule has 0 aliphatic carbocycles. The summed E-state index contributed by atoms with van der Waals surface area (Å²) in [5.74, 6) is -1.82. The number of piperidine rings is 1. The number of rotatable bonds is 4. The van der Waals surface area contributed by atoms with Gasteiger partial charge in [-0.15, -0.1) is 0 Å². The predicted octanol–water partition coefficient (Wildman–Crippen LogP) is 1.86. The van der Waals surface area contributed by atoms with Gasteiger partial charge in [0.1, 0.15) is 36.1 Å². The van der Waals surface area contributed by atoms with Crippen molar-refractivity contribution in [3.63, 3.8) is 0 Å². The molecule has 9 nitrogen and oxygen atoms in total. The number of fused-ring (bicyclic) bond motifs is 1. The fourth-order valence-electron chi connectivity index (χ4n) is 4.18. The number of halogens is 1. The van der Waals surface area contributed by atoms with Crippen LogP contribution in [0.2, 0.25) is 5.02 Å². The van der Waals surface area contributed by atoms with Crippen molar-refractivity contribution < 1.29 is 33.5 Å². The van der Waals surface area contributed by atoms with Gasteiger partial charge in [0.15, 0.2) is 5.43 Å². The Hall–Kier alpha value is -2.33. The van der Waals surface area contributed by atoms with Gasteiger partial charge in [0.25, 0.3) is 0 Å². The van der Waals surface area contributed by atoms with Crippen LogP contribution in [0.25, 0.3) is 22.3 Å². The van der Waals surface area contributed by atoms with E-state index in [4.69, 9.17) is 28.4 Å². The Labute approximate surface area is 194 Å².